The van der Waals surface area contributed by atoms with Crippen LogP contribution in [0.3, 0.4) is 0 Å². The minimum absolute atomic E-state index is 0.166. The molecule has 0 aromatic heterocycles. The zero-order valence-corrected chi connectivity index (χ0v) is 15.7. The summed E-state index contributed by atoms with van der Waals surface area (Å²) in [6.07, 6.45) is 1.72. The lowest BCUT2D eigenvalue weighted by atomic mass is 10.0. The fraction of sp³-hybridized carbons (Fsp3) is 0.588. The SMILES string of the molecule is COC(=O)/C=C(C(=O)OC)\C(C(=O)OC)=C(\C(OC)OC)N1CCCC1. The van der Waals surface area contributed by atoms with Gasteiger partial charge in [-0.05, 0) is 12.8 Å². The monoisotopic (exact) mass is 371 g/mol. The first kappa shape index (κ1) is 21.7. The summed E-state index contributed by atoms with van der Waals surface area (Å²) in [5, 5.41) is 0. The van der Waals surface area contributed by atoms with E-state index in [0.29, 0.717) is 18.8 Å². The van der Waals surface area contributed by atoms with Crippen LogP contribution in [0.1, 0.15) is 12.8 Å². The third-order valence-electron chi connectivity index (χ3n) is 3.88. The number of carbonyl (C=O) groups excluding carboxylic acids is 3. The summed E-state index contributed by atoms with van der Waals surface area (Å²) in [6, 6.07) is 0. The van der Waals surface area contributed by atoms with E-state index in [-0.39, 0.29) is 11.1 Å². The Morgan fingerprint density at radius 3 is 1.81 bits per heavy atom. The molecule has 0 aromatic carbocycles. The van der Waals surface area contributed by atoms with Crippen LogP contribution in [0.5, 0.6) is 0 Å². The molecule has 0 amide bonds. The minimum atomic E-state index is -0.951. The summed E-state index contributed by atoms with van der Waals surface area (Å²) in [4.78, 5) is 38.5. The highest BCUT2D eigenvalue weighted by Gasteiger charge is 2.35. The van der Waals surface area contributed by atoms with Gasteiger partial charge in [-0.1, -0.05) is 0 Å². The van der Waals surface area contributed by atoms with Gasteiger partial charge in [0.05, 0.1) is 38.2 Å². The zero-order chi connectivity index (χ0) is 19.7. The van der Waals surface area contributed by atoms with Gasteiger partial charge in [-0.2, -0.15) is 0 Å². The van der Waals surface area contributed by atoms with Crippen LogP contribution in [-0.2, 0) is 38.1 Å². The number of ether oxygens (including phenoxy) is 5. The Morgan fingerprint density at radius 1 is 0.846 bits per heavy atom. The molecule has 26 heavy (non-hydrogen) atoms. The summed E-state index contributed by atoms with van der Waals surface area (Å²) in [5.41, 5.74) is -0.174. The molecule has 1 saturated heterocycles. The van der Waals surface area contributed by atoms with Gasteiger partial charge in [-0.15, -0.1) is 0 Å². The van der Waals surface area contributed by atoms with E-state index in [1.165, 1.54) is 21.3 Å². The van der Waals surface area contributed by atoms with Gasteiger partial charge in [0.15, 0.2) is 6.29 Å². The third kappa shape index (κ3) is 5.06. The normalized spacial score (nSPS) is 15.6. The molecule has 0 unspecified atom stereocenters. The van der Waals surface area contributed by atoms with Crippen LogP contribution in [0, 0.1) is 0 Å². The maximum absolute atomic E-state index is 12.6. The molecule has 1 aliphatic heterocycles. The minimum Gasteiger partial charge on any atom is -0.466 e. The Bertz CT molecular complexity index is 582. The second-order valence-electron chi connectivity index (χ2n) is 5.32. The molecule has 0 saturated carbocycles. The number of likely N-dealkylation sites (tertiary alicyclic amines) is 1. The van der Waals surface area contributed by atoms with Crippen LogP contribution in [0.4, 0.5) is 0 Å². The Labute approximate surface area is 152 Å². The predicted octanol–water partition coefficient (Wildman–Crippen LogP) is 0.401. The molecule has 0 radical (unpaired) electrons. The van der Waals surface area contributed by atoms with E-state index in [0.717, 1.165) is 33.1 Å². The lowest BCUT2D eigenvalue weighted by molar-refractivity contribution is -0.141. The fourth-order valence-corrected chi connectivity index (χ4v) is 2.68. The van der Waals surface area contributed by atoms with Crippen molar-refractivity contribution in [2.75, 3.05) is 48.6 Å². The molecule has 0 N–H and O–H groups in total. The molecule has 1 fully saturated rings. The second-order valence-corrected chi connectivity index (χ2v) is 5.32. The van der Waals surface area contributed by atoms with Crippen molar-refractivity contribution < 1.29 is 38.1 Å². The molecule has 0 spiro atoms. The van der Waals surface area contributed by atoms with Crippen LogP contribution in [0.15, 0.2) is 22.9 Å². The smallest absolute Gasteiger partial charge is 0.340 e. The first-order valence-electron chi connectivity index (χ1n) is 7.96. The Hall–Kier alpha value is -2.39. The average Bonchev–Trinajstić information content (AvgIpc) is 3.19. The average molecular weight is 371 g/mol. The Balaban J connectivity index is 3.74. The summed E-state index contributed by atoms with van der Waals surface area (Å²) < 4.78 is 24.8. The van der Waals surface area contributed by atoms with Gasteiger partial charge in [0.25, 0.3) is 0 Å². The van der Waals surface area contributed by atoms with Crippen molar-refractivity contribution in [2.45, 2.75) is 19.1 Å². The zero-order valence-electron chi connectivity index (χ0n) is 15.7. The molecule has 9 heteroatoms. The van der Waals surface area contributed by atoms with E-state index in [1.54, 1.807) is 0 Å². The number of carbonyl (C=O) groups is 3. The number of hydrogen-bond donors (Lipinski definition) is 0. The van der Waals surface area contributed by atoms with Crippen LogP contribution < -0.4 is 0 Å². The van der Waals surface area contributed by atoms with E-state index >= 15 is 0 Å². The molecule has 9 nitrogen and oxygen atoms in total. The summed E-state index contributed by atoms with van der Waals surface area (Å²) in [5.74, 6) is -2.54. The quantitative estimate of drug-likeness (QED) is 0.197. The van der Waals surface area contributed by atoms with E-state index in [4.69, 9.17) is 18.9 Å². The number of methoxy groups -OCH3 is 5. The molecule has 0 aromatic rings. The van der Waals surface area contributed by atoms with Crippen LogP contribution in [0.2, 0.25) is 0 Å². The van der Waals surface area contributed by atoms with Gasteiger partial charge in [0, 0.05) is 33.4 Å². The summed E-state index contributed by atoms with van der Waals surface area (Å²) >= 11 is 0. The fourth-order valence-electron chi connectivity index (χ4n) is 2.68. The van der Waals surface area contributed by atoms with Gasteiger partial charge in [-0.3, -0.25) is 0 Å². The van der Waals surface area contributed by atoms with Gasteiger partial charge < -0.3 is 28.6 Å². The molecular formula is C17H25NO8. The van der Waals surface area contributed by atoms with Crippen LogP contribution >= 0.6 is 0 Å². The van der Waals surface area contributed by atoms with Gasteiger partial charge in [0.2, 0.25) is 0 Å². The largest absolute Gasteiger partial charge is 0.466 e. The number of nitrogens with zero attached hydrogens (tertiary/aromatic N) is 1. The maximum Gasteiger partial charge on any atom is 0.340 e. The number of esters is 3. The van der Waals surface area contributed by atoms with Crippen molar-refractivity contribution >= 4 is 17.9 Å². The standard InChI is InChI=1S/C17H25NO8/c1-22-12(19)10-11(15(20)23-2)13(16(21)24-3)14(17(25-4)26-5)18-8-6-7-9-18/h10,17H,6-9H2,1-5H3/b11-10+,14-13+. The van der Waals surface area contributed by atoms with Crippen molar-refractivity contribution in [3.05, 3.63) is 22.9 Å². The number of hydrogen-bond acceptors (Lipinski definition) is 9. The topological polar surface area (TPSA) is 101 Å². The summed E-state index contributed by atoms with van der Waals surface area (Å²) in [7, 11) is 6.28. The molecule has 0 bridgehead atoms. The predicted molar refractivity (Wildman–Crippen MR) is 89.8 cm³/mol. The highest BCUT2D eigenvalue weighted by molar-refractivity contribution is 6.10. The maximum atomic E-state index is 12.6. The molecule has 0 aliphatic carbocycles. The van der Waals surface area contributed by atoms with Crippen molar-refractivity contribution in [1.29, 1.82) is 0 Å². The van der Waals surface area contributed by atoms with Gasteiger partial charge >= 0.3 is 17.9 Å². The van der Waals surface area contributed by atoms with E-state index in [1.807, 2.05) is 4.90 Å². The summed E-state index contributed by atoms with van der Waals surface area (Å²) in [6.45, 7) is 1.26. The Kier molecular flexibility index (Phi) is 8.80. The molecule has 1 aliphatic rings. The highest BCUT2D eigenvalue weighted by atomic mass is 16.7. The lowest BCUT2D eigenvalue weighted by Gasteiger charge is -2.29. The van der Waals surface area contributed by atoms with Crippen LogP contribution in [0.25, 0.3) is 0 Å². The Morgan fingerprint density at radius 2 is 1.38 bits per heavy atom. The first-order chi connectivity index (χ1) is 12.4. The molecular weight excluding hydrogens is 346 g/mol. The van der Waals surface area contributed by atoms with Crippen molar-refractivity contribution in [3.63, 3.8) is 0 Å². The molecule has 0 atom stereocenters. The lowest BCUT2D eigenvalue weighted by Crippen LogP contribution is -2.35. The van der Waals surface area contributed by atoms with E-state index < -0.39 is 24.2 Å². The highest BCUT2D eigenvalue weighted by Crippen LogP contribution is 2.28. The van der Waals surface area contributed by atoms with E-state index in [9.17, 15) is 14.4 Å². The van der Waals surface area contributed by atoms with E-state index in [2.05, 4.69) is 4.74 Å². The molecule has 146 valence electrons. The third-order valence-corrected chi connectivity index (χ3v) is 3.88. The van der Waals surface area contributed by atoms with Crippen molar-refractivity contribution in [3.8, 4) is 0 Å². The van der Waals surface area contributed by atoms with Crippen molar-refractivity contribution in [1.82, 2.24) is 4.90 Å². The number of rotatable bonds is 8. The second kappa shape index (κ2) is 10.6. The van der Waals surface area contributed by atoms with Gasteiger partial charge in [-0.25, -0.2) is 14.4 Å². The van der Waals surface area contributed by atoms with Crippen LogP contribution in [-0.4, -0.2) is 77.7 Å². The molecule has 1 rings (SSSR count). The van der Waals surface area contributed by atoms with Crippen molar-refractivity contribution in [2.24, 2.45) is 0 Å². The first-order valence-corrected chi connectivity index (χ1v) is 7.96. The van der Waals surface area contributed by atoms with Gasteiger partial charge in [0.1, 0.15) is 0 Å². The molecule has 1 heterocycles.